The van der Waals surface area contributed by atoms with Gasteiger partial charge in [0.1, 0.15) is 0 Å². The van der Waals surface area contributed by atoms with Crippen LogP contribution in [0.3, 0.4) is 0 Å². The summed E-state index contributed by atoms with van der Waals surface area (Å²) >= 11 is 1.67. The Morgan fingerprint density at radius 3 is 3.00 bits per heavy atom. The standard InChI is InChI=1S/C15H21N5OS/c1-10(14-16-18-19-17-14)9-20(2)15(21)13-8-11-6-4-3-5-7-12(11)22-13/h8,10H,3-7,9H2,1-2H3,(H,16,17,18,19)/t10-/m1/s1. The van der Waals surface area contributed by atoms with E-state index in [2.05, 4.69) is 26.7 Å². The lowest BCUT2D eigenvalue weighted by molar-refractivity contribution is 0.0792. The molecule has 0 unspecified atom stereocenters. The third-order valence-electron chi connectivity index (χ3n) is 4.15. The molecule has 2 aromatic rings. The van der Waals surface area contributed by atoms with Crippen molar-refractivity contribution in [3.63, 3.8) is 0 Å². The van der Waals surface area contributed by atoms with Gasteiger partial charge in [-0.3, -0.25) is 4.79 Å². The van der Waals surface area contributed by atoms with Crippen molar-refractivity contribution >= 4 is 17.2 Å². The molecular formula is C15H21N5OS. The van der Waals surface area contributed by atoms with E-state index >= 15 is 0 Å². The van der Waals surface area contributed by atoms with Crippen molar-refractivity contribution in [2.24, 2.45) is 0 Å². The first-order valence-corrected chi connectivity index (χ1v) is 8.57. The topological polar surface area (TPSA) is 74.8 Å². The van der Waals surface area contributed by atoms with Gasteiger partial charge < -0.3 is 4.90 Å². The largest absolute Gasteiger partial charge is 0.340 e. The second kappa shape index (κ2) is 6.56. The van der Waals surface area contributed by atoms with Crippen LogP contribution < -0.4 is 0 Å². The number of carbonyl (C=O) groups excluding carboxylic acids is 1. The van der Waals surface area contributed by atoms with Crippen LogP contribution in [0.5, 0.6) is 0 Å². The number of tetrazole rings is 1. The zero-order valence-electron chi connectivity index (χ0n) is 13.0. The van der Waals surface area contributed by atoms with E-state index in [1.165, 1.54) is 29.7 Å². The molecule has 0 bridgehead atoms. The zero-order chi connectivity index (χ0) is 15.5. The molecule has 0 aliphatic heterocycles. The number of aromatic amines is 1. The molecule has 0 saturated carbocycles. The highest BCUT2D eigenvalue weighted by Crippen LogP contribution is 2.29. The summed E-state index contributed by atoms with van der Waals surface area (Å²) in [5, 5.41) is 14.0. The van der Waals surface area contributed by atoms with Crippen molar-refractivity contribution in [1.29, 1.82) is 0 Å². The Kier molecular flexibility index (Phi) is 4.52. The van der Waals surface area contributed by atoms with Crippen LogP contribution in [0, 0.1) is 0 Å². The SMILES string of the molecule is C[C@H](CN(C)C(=O)c1cc2c(s1)CCCCC2)c1nn[nH]n1. The van der Waals surface area contributed by atoms with Crippen molar-refractivity contribution in [2.75, 3.05) is 13.6 Å². The third-order valence-corrected chi connectivity index (χ3v) is 5.38. The molecule has 0 saturated heterocycles. The Morgan fingerprint density at radius 2 is 2.23 bits per heavy atom. The van der Waals surface area contributed by atoms with Gasteiger partial charge in [0.05, 0.1) is 4.88 Å². The van der Waals surface area contributed by atoms with Gasteiger partial charge in [-0.15, -0.1) is 21.5 Å². The number of aryl methyl sites for hydroxylation is 2. The summed E-state index contributed by atoms with van der Waals surface area (Å²) in [6, 6.07) is 2.10. The lowest BCUT2D eigenvalue weighted by Gasteiger charge is -2.19. The molecule has 7 heteroatoms. The van der Waals surface area contributed by atoms with Gasteiger partial charge in [-0.2, -0.15) is 5.21 Å². The molecule has 3 rings (SSSR count). The maximum Gasteiger partial charge on any atom is 0.263 e. The minimum absolute atomic E-state index is 0.0606. The molecule has 0 spiro atoms. The van der Waals surface area contributed by atoms with Crippen LogP contribution in [0.4, 0.5) is 0 Å². The Bertz CT molecular complexity index is 613. The molecule has 2 heterocycles. The van der Waals surface area contributed by atoms with E-state index in [0.717, 1.165) is 17.7 Å². The molecule has 1 aliphatic carbocycles. The van der Waals surface area contributed by atoms with Gasteiger partial charge in [0.2, 0.25) is 0 Å². The Balaban J connectivity index is 1.68. The van der Waals surface area contributed by atoms with Crippen LogP contribution in [-0.2, 0) is 12.8 Å². The van der Waals surface area contributed by atoms with Crippen molar-refractivity contribution in [3.05, 3.63) is 27.2 Å². The van der Waals surface area contributed by atoms with Gasteiger partial charge >= 0.3 is 0 Å². The molecule has 6 nitrogen and oxygen atoms in total. The fraction of sp³-hybridized carbons (Fsp3) is 0.600. The summed E-state index contributed by atoms with van der Waals surface area (Å²) in [6.45, 7) is 2.58. The lowest BCUT2D eigenvalue weighted by atomic mass is 10.1. The molecule has 22 heavy (non-hydrogen) atoms. The number of rotatable bonds is 4. The number of likely N-dealkylation sites (N-methyl/N-ethyl adjacent to an activating group) is 1. The van der Waals surface area contributed by atoms with E-state index in [1.807, 2.05) is 14.0 Å². The highest BCUT2D eigenvalue weighted by molar-refractivity contribution is 7.14. The van der Waals surface area contributed by atoms with Gasteiger partial charge in [0.25, 0.3) is 5.91 Å². The maximum absolute atomic E-state index is 12.6. The highest BCUT2D eigenvalue weighted by Gasteiger charge is 2.21. The second-order valence-corrected chi connectivity index (χ2v) is 7.11. The molecule has 118 valence electrons. The molecule has 1 atom stereocenters. The predicted octanol–water partition coefficient (Wildman–Crippen LogP) is 2.41. The van der Waals surface area contributed by atoms with Gasteiger partial charge in [0, 0.05) is 24.4 Å². The van der Waals surface area contributed by atoms with Gasteiger partial charge in [-0.25, -0.2) is 0 Å². The van der Waals surface area contributed by atoms with Crippen LogP contribution in [0.1, 0.15) is 58.0 Å². The second-order valence-electron chi connectivity index (χ2n) is 5.98. The first kappa shape index (κ1) is 15.1. The Hall–Kier alpha value is -1.76. The van der Waals surface area contributed by atoms with Crippen molar-refractivity contribution in [2.45, 2.75) is 44.9 Å². The van der Waals surface area contributed by atoms with E-state index in [4.69, 9.17) is 0 Å². The summed E-state index contributed by atoms with van der Waals surface area (Å²) in [7, 11) is 1.84. The summed E-state index contributed by atoms with van der Waals surface area (Å²) in [5.74, 6) is 0.792. The number of hydrogen-bond acceptors (Lipinski definition) is 5. The highest BCUT2D eigenvalue weighted by atomic mass is 32.1. The number of hydrogen-bond donors (Lipinski definition) is 1. The number of aromatic nitrogens is 4. The van der Waals surface area contributed by atoms with E-state index in [1.54, 1.807) is 16.2 Å². The Morgan fingerprint density at radius 1 is 1.41 bits per heavy atom. The average molecular weight is 319 g/mol. The van der Waals surface area contributed by atoms with Gasteiger partial charge in [-0.05, 0) is 37.3 Å². The van der Waals surface area contributed by atoms with Gasteiger partial charge in [-0.1, -0.05) is 18.6 Å². The number of carbonyl (C=O) groups is 1. The molecule has 1 N–H and O–H groups in total. The van der Waals surface area contributed by atoms with Crippen LogP contribution in [0.25, 0.3) is 0 Å². The quantitative estimate of drug-likeness (QED) is 0.878. The van der Waals surface area contributed by atoms with E-state index in [-0.39, 0.29) is 11.8 Å². The summed E-state index contributed by atoms with van der Waals surface area (Å²) < 4.78 is 0. The number of thiophene rings is 1. The first-order valence-electron chi connectivity index (χ1n) is 7.75. The fourth-order valence-corrected chi connectivity index (χ4v) is 4.16. The molecule has 2 aromatic heterocycles. The number of fused-ring (bicyclic) bond motifs is 1. The summed E-state index contributed by atoms with van der Waals surface area (Å²) in [6.07, 6.45) is 6.01. The molecule has 1 aliphatic rings. The fourth-order valence-electron chi connectivity index (χ4n) is 2.91. The monoisotopic (exact) mass is 319 g/mol. The van der Waals surface area contributed by atoms with Gasteiger partial charge in [0.15, 0.2) is 5.82 Å². The summed E-state index contributed by atoms with van der Waals surface area (Å²) in [5.41, 5.74) is 1.38. The smallest absolute Gasteiger partial charge is 0.263 e. The van der Waals surface area contributed by atoms with Crippen LogP contribution in [-0.4, -0.2) is 45.0 Å². The molecular weight excluding hydrogens is 298 g/mol. The number of H-pyrrole nitrogens is 1. The summed E-state index contributed by atoms with van der Waals surface area (Å²) in [4.78, 5) is 16.6. The van der Waals surface area contributed by atoms with Crippen molar-refractivity contribution in [3.8, 4) is 0 Å². The van der Waals surface area contributed by atoms with Crippen LogP contribution in [0.2, 0.25) is 0 Å². The normalized spacial score (nSPS) is 15.9. The molecule has 1 amide bonds. The van der Waals surface area contributed by atoms with E-state index in [0.29, 0.717) is 12.4 Å². The Labute approximate surface area is 133 Å². The van der Waals surface area contributed by atoms with Crippen LogP contribution >= 0.6 is 11.3 Å². The average Bonchev–Trinajstić information content (AvgIpc) is 3.13. The van der Waals surface area contributed by atoms with E-state index < -0.39 is 0 Å². The number of nitrogens with one attached hydrogen (secondary N) is 1. The third kappa shape index (κ3) is 3.19. The van der Waals surface area contributed by atoms with Crippen molar-refractivity contribution < 1.29 is 4.79 Å². The minimum atomic E-state index is 0.0606. The number of nitrogens with zero attached hydrogens (tertiary/aromatic N) is 4. The lowest BCUT2D eigenvalue weighted by Crippen LogP contribution is -2.30. The van der Waals surface area contributed by atoms with E-state index in [9.17, 15) is 4.79 Å². The first-order chi connectivity index (χ1) is 10.6. The molecule has 0 radical (unpaired) electrons. The minimum Gasteiger partial charge on any atom is -0.340 e. The van der Waals surface area contributed by atoms with Crippen LogP contribution in [0.15, 0.2) is 6.07 Å². The molecule has 0 fully saturated rings. The maximum atomic E-state index is 12.6. The zero-order valence-corrected chi connectivity index (χ0v) is 13.8. The molecule has 0 aromatic carbocycles. The predicted molar refractivity (Wildman–Crippen MR) is 85.1 cm³/mol. The van der Waals surface area contributed by atoms with Crippen molar-refractivity contribution in [1.82, 2.24) is 25.5 Å². The number of amides is 1.